The number of fused-ring (bicyclic) bond motifs is 1. The Bertz CT molecular complexity index is 542. The molecule has 2 aliphatic rings. The minimum atomic E-state index is 0.0247. The van der Waals surface area contributed by atoms with Gasteiger partial charge in [0.05, 0.1) is 18.2 Å². The van der Waals surface area contributed by atoms with Crippen LogP contribution in [-0.2, 0) is 11.2 Å². The Morgan fingerprint density at radius 2 is 2.05 bits per heavy atom. The number of benzene rings is 1. The highest BCUT2D eigenvalue weighted by Gasteiger charge is 2.27. The third-order valence-corrected chi connectivity index (χ3v) is 4.70. The number of hydrogen-bond acceptors (Lipinski definition) is 3. The molecule has 0 bridgehead atoms. The van der Waals surface area contributed by atoms with E-state index in [0.717, 1.165) is 30.0 Å². The molecule has 3 N–H and O–H groups in total. The van der Waals surface area contributed by atoms with Gasteiger partial charge in [-0.15, -0.1) is 0 Å². The number of amides is 1. The second-order valence-corrected chi connectivity index (χ2v) is 6.28. The summed E-state index contributed by atoms with van der Waals surface area (Å²) in [5.74, 6) is 2.19. The summed E-state index contributed by atoms with van der Waals surface area (Å²) in [6, 6.07) is 3.73. The van der Waals surface area contributed by atoms with Gasteiger partial charge < -0.3 is 15.8 Å². The minimum absolute atomic E-state index is 0.0247. The van der Waals surface area contributed by atoms with E-state index in [2.05, 4.69) is 19.2 Å². The molecule has 4 heteroatoms. The fourth-order valence-electron chi connectivity index (χ4n) is 3.16. The zero-order valence-electron chi connectivity index (χ0n) is 12.1. The van der Waals surface area contributed by atoms with Gasteiger partial charge in [0.1, 0.15) is 5.75 Å². The molecule has 1 saturated carbocycles. The summed E-state index contributed by atoms with van der Waals surface area (Å²) < 4.78 is 6.09. The number of rotatable bonds is 2. The number of nitrogen functional groups attached to an aromatic ring is 1. The fourth-order valence-corrected chi connectivity index (χ4v) is 3.16. The van der Waals surface area contributed by atoms with Crippen molar-refractivity contribution in [3.63, 3.8) is 0 Å². The molecule has 1 fully saturated rings. The number of nitrogens with two attached hydrogens (primary N) is 1. The monoisotopic (exact) mass is 274 g/mol. The van der Waals surface area contributed by atoms with Crippen molar-refractivity contribution in [3.8, 4) is 5.75 Å². The van der Waals surface area contributed by atoms with Crippen molar-refractivity contribution in [3.05, 3.63) is 17.7 Å². The lowest BCUT2D eigenvalue weighted by Gasteiger charge is -2.32. The van der Waals surface area contributed by atoms with E-state index in [1.807, 2.05) is 12.1 Å². The number of carbonyl (C=O) groups is 1. The van der Waals surface area contributed by atoms with Gasteiger partial charge in [0.25, 0.3) is 0 Å². The SMILES string of the molecule is CC1CCC(Oc2cc3c(cc2N)CC(=O)N3)CC1C. The zero-order valence-corrected chi connectivity index (χ0v) is 12.1. The van der Waals surface area contributed by atoms with Gasteiger partial charge in [-0.05, 0) is 42.7 Å². The van der Waals surface area contributed by atoms with Crippen molar-refractivity contribution in [2.75, 3.05) is 11.1 Å². The Labute approximate surface area is 119 Å². The van der Waals surface area contributed by atoms with Crippen LogP contribution in [0, 0.1) is 11.8 Å². The normalized spacial score (nSPS) is 28.9. The predicted molar refractivity (Wildman–Crippen MR) is 79.8 cm³/mol. The van der Waals surface area contributed by atoms with Crippen LogP contribution in [-0.4, -0.2) is 12.0 Å². The first kappa shape index (κ1) is 13.3. The molecule has 1 amide bonds. The van der Waals surface area contributed by atoms with E-state index in [1.54, 1.807) is 0 Å². The van der Waals surface area contributed by atoms with E-state index in [9.17, 15) is 4.79 Å². The molecule has 1 aliphatic carbocycles. The molecule has 108 valence electrons. The van der Waals surface area contributed by atoms with Crippen molar-refractivity contribution < 1.29 is 9.53 Å². The lowest BCUT2D eigenvalue weighted by atomic mass is 9.80. The summed E-state index contributed by atoms with van der Waals surface area (Å²) in [6.07, 6.45) is 4.00. The smallest absolute Gasteiger partial charge is 0.228 e. The molecule has 1 aromatic carbocycles. The van der Waals surface area contributed by atoms with Gasteiger partial charge in [-0.2, -0.15) is 0 Å². The third kappa shape index (κ3) is 2.47. The highest BCUT2D eigenvalue weighted by Crippen LogP contribution is 2.37. The molecule has 0 saturated heterocycles. The molecule has 20 heavy (non-hydrogen) atoms. The maximum atomic E-state index is 11.4. The molecule has 1 aromatic rings. The van der Waals surface area contributed by atoms with Gasteiger partial charge in [0.15, 0.2) is 0 Å². The van der Waals surface area contributed by atoms with Crippen LogP contribution < -0.4 is 15.8 Å². The molecule has 1 aliphatic heterocycles. The van der Waals surface area contributed by atoms with Crippen molar-refractivity contribution in [1.29, 1.82) is 0 Å². The van der Waals surface area contributed by atoms with Gasteiger partial charge in [-0.1, -0.05) is 13.8 Å². The molecule has 0 spiro atoms. The second-order valence-electron chi connectivity index (χ2n) is 6.28. The molecule has 4 nitrogen and oxygen atoms in total. The van der Waals surface area contributed by atoms with Crippen LogP contribution in [0.25, 0.3) is 0 Å². The van der Waals surface area contributed by atoms with Crippen molar-refractivity contribution in [2.45, 2.75) is 45.6 Å². The molecule has 0 aromatic heterocycles. The summed E-state index contributed by atoms with van der Waals surface area (Å²) in [5, 5.41) is 2.84. The summed E-state index contributed by atoms with van der Waals surface area (Å²) in [5.41, 5.74) is 8.49. The van der Waals surface area contributed by atoms with Crippen LogP contribution in [0.2, 0.25) is 0 Å². The number of nitrogens with one attached hydrogen (secondary N) is 1. The summed E-state index contributed by atoms with van der Waals surface area (Å²) in [6.45, 7) is 4.59. The molecule has 1 heterocycles. The molecule has 0 radical (unpaired) electrons. The van der Waals surface area contributed by atoms with Crippen molar-refractivity contribution >= 4 is 17.3 Å². The van der Waals surface area contributed by atoms with E-state index in [-0.39, 0.29) is 12.0 Å². The number of hydrogen-bond donors (Lipinski definition) is 2. The molecule has 3 atom stereocenters. The largest absolute Gasteiger partial charge is 0.488 e. The quantitative estimate of drug-likeness (QED) is 0.815. The van der Waals surface area contributed by atoms with Crippen LogP contribution in [0.1, 0.15) is 38.7 Å². The van der Waals surface area contributed by atoms with Crippen LogP contribution in [0.15, 0.2) is 12.1 Å². The standard InChI is InChI=1S/C16H22N2O2/c1-9-3-4-12(5-10(9)2)20-15-8-14-11(6-13(15)17)7-16(19)18-14/h6,8-10,12H,3-5,7,17H2,1-2H3,(H,18,19). The molecular formula is C16H22N2O2. The average molecular weight is 274 g/mol. The highest BCUT2D eigenvalue weighted by molar-refractivity contribution is 6.00. The first-order valence-electron chi connectivity index (χ1n) is 7.42. The summed E-state index contributed by atoms with van der Waals surface area (Å²) in [4.78, 5) is 11.4. The summed E-state index contributed by atoms with van der Waals surface area (Å²) in [7, 11) is 0. The van der Waals surface area contributed by atoms with Crippen LogP contribution >= 0.6 is 0 Å². The van der Waals surface area contributed by atoms with E-state index in [1.165, 1.54) is 6.42 Å². The van der Waals surface area contributed by atoms with E-state index < -0.39 is 0 Å². The van der Waals surface area contributed by atoms with Gasteiger partial charge in [-0.3, -0.25) is 4.79 Å². The van der Waals surface area contributed by atoms with Gasteiger partial charge in [0.2, 0.25) is 5.91 Å². The maximum Gasteiger partial charge on any atom is 0.228 e. The van der Waals surface area contributed by atoms with Crippen LogP contribution in [0.4, 0.5) is 11.4 Å². The lowest BCUT2D eigenvalue weighted by molar-refractivity contribution is -0.115. The second kappa shape index (κ2) is 5.00. The highest BCUT2D eigenvalue weighted by atomic mass is 16.5. The number of carbonyl (C=O) groups excluding carboxylic acids is 1. The Kier molecular flexibility index (Phi) is 3.32. The van der Waals surface area contributed by atoms with Crippen molar-refractivity contribution in [2.24, 2.45) is 11.8 Å². The predicted octanol–water partition coefficient (Wildman–Crippen LogP) is 2.97. The molecular weight excluding hydrogens is 252 g/mol. The number of ether oxygens (including phenoxy) is 1. The van der Waals surface area contributed by atoms with Gasteiger partial charge in [0, 0.05) is 11.8 Å². The van der Waals surface area contributed by atoms with E-state index in [0.29, 0.717) is 23.8 Å². The lowest BCUT2D eigenvalue weighted by Crippen LogP contribution is -2.29. The Hall–Kier alpha value is -1.71. The Morgan fingerprint density at radius 1 is 1.25 bits per heavy atom. The summed E-state index contributed by atoms with van der Waals surface area (Å²) >= 11 is 0. The van der Waals surface area contributed by atoms with Gasteiger partial charge in [-0.25, -0.2) is 0 Å². The maximum absolute atomic E-state index is 11.4. The first-order chi connectivity index (χ1) is 9.52. The van der Waals surface area contributed by atoms with E-state index >= 15 is 0 Å². The Balaban J connectivity index is 1.75. The average Bonchev–Trinajstić information content (AvgIpc) is 2.73. The third-order valence-electron chi connectivity index (χ3n) is 4.70. The Morgan fingerprint density at radius 3 is 2.80 bits per heavy atom. The minimum Gasteiger partial charge on any atom is -0.488 e. The fraction of sp³-hybridized carbons (Fsp3) is 0.562. The molecule has 3 rings (SSSR count). The zero-order chi connectivity index (χ0) is 14.3. The molecule has 3 unspecified atom stereocenters. The van der Waals surface area contributed by atoms with Gasteiger partial charge >= 0.3 is 0 Å². The number of anilines is 2. The topological polar surface area (TPSA) is 64.3 Å². The first-order valence-corrected chi connectivity index (χ1v) is 7.42. The van der Waals surface area contributed by atoms with Crippen molar-refractivity contribution in [1.82, 2.24) is 0 Å². The van der Waals surface area contributed by atoms with Crippen LogP contribution in [0.3, 0.4) is 0 Å². The van der Waals surface area contributed by atoms with E-state index in [4.69, 9.17) is 10.5 Å². The van der Waals surface area contributed by atoms with Crippen LogP contribution in [0.5, 0.6) is 5.75 Å².